The summed E-state index contributed by atoms with van der Waals surface area (Å²) in [5.74, 6) is 0.278. The molecular weight excluding hydrogens is 328 g/mol. The summed E-state index contributed by atoms with van der Waals surface area (Å²) in [5, 5.41) is 6.92. The molecule has 128 valence electrons. The third-order valence-corrected chi connectivity index (χ3v) is 6.02. The molecule has 0 aliphatic heterocycles. The van der Waals surface area contributed by atoms with Crippen LogP contribution in [0.15, 0.2) is 35.2 Å². The average Bonchev–Trinajstić information content (AvgIpc) is 3.33. The van der Waals surface area contributed by atoms with E-state index in [0.29, 0.717) is 11.4 Å². The molecule has 0 spiro atoms. The van der Waals surface area contributed by atoms with Gasteiger partial charge in [-0.15, -0.1) is 0 Å². The monoisotopic (exact) mass is 348 g/mol. The predicted octanol–water partition coefficient (Wildman–Crippen LogP) is 1.76. The van der Waals surface area contributed by atoms with Crippen LogP contribution >= 0.6 is 0 Å². The normalized spacial score (nSPS) is 14.8. The molecule has 0 saturated heterocycles. The van der Waals surface area contributed by atoms with Crippen molar-refractivity contribution in [3.8, 4) is 0 Å². The number of amides is 1. The fourth-order valence-corrected chi connectivity index (χ4v) is 3.91. The van der Waals surface area contributed by atoms with E-state index in [0.717, 1.165) is 18.5 Å². The third kappa shape index (κ3) is 3.20. The molecule has 0 radical (unpaired) electrons. The van der Waals surface area contributed by atoms with Gasteiger partial charge in [0.2, 0.25) is 10.0 Å². The summed E-state index contributed by atoms with van der Waals surface area (Å²) in [4.78, 5) is 12.5. The molecule has 1 saturated carbocycles. The van der Waals surface area contributed by atoms with Gasteiger partial charge in [0.25, 0.3) is 5.91 Å². The van der Waals surface area contributed by atoms with Crippen LogP contribution < -0.4 is 5.32 Å². The van der Waals surface area contributed by atoms with Gasteiger partial charge in [0.1, 0.15) is 5.82 Å². The largest absolute Gasteiger partial charge is 0.307 e. The van der Waals surface area contributed by atoms with Gasteiger partial charge in [0.15, 0.2) is 0 Å². The highest BCUT2D eigenvalue weighted by molar-refractivity contribution is 7.89. The van der Waals surface area contributed by atoms with E-state index < -0.39 is 10.0 Å². The van der Waals surface area contributed by atoms with Gasteiger partial charge in [-0.25, -0.2) is 8.42 Å². The zero-order valence-electron chi connectivity index (χ0n) is 13.9. The molecule has 1 N–H and O–H groups in total. The van der Waals surface area contributed by atoms with Gasteiger partial charge in [0, 0.05) is 31.8 Å². The Morgan fingerprint density at radius 1 is 1.29 bits per heavy atom. The molecule has 1 aliphatic carbocycles. The van der Waals surface area contributed by atoms with Crippen LogP contribution in [0.1, 0.15) is 28.9 Å². The number of hydrogen-bond donors (Lipinski definition) is 1. The molecule has 8 heteroatoms. The number of sulfonamides is 1. The Morgan fingerprint density at radius 2 is 1.92 bits per heavy atom. The standard InChI is InChI=1S/C16H20N4O3S/c1-11-10-15(19(2)18-11)17-16(21)12-4-8-14(9-5-12)24(22,23)20(3)13-6-7-13/h4-5,8-10,13H,6-7H2,1-3H3,(H,17,21). The van der Waals surface area contributed by atoms with E-state index in [9.17, 15) is 13.2 Å². The van der Waals surface area contributed by atoms with Crippen molar-refractivity contribution in [1.82, 2.24) is 14.1 Å². The summed E-state index contributed by atoms with van der Waals surface area (Å²) < 4.78 is 27.9. The summed E-state index contributed by atoms with van der Waals surface area (Å²) in [6.07, 6.45) is 1.81. The summed E-state index contributed by atoms with van der Waals surface area (Å²) in [7, 11) is -0.155. The number of nitrogens with zero attached hydrogens (tertiary/aromatic N) is 3. The minimum atomic E-state index is -3.49. The number of carbonyl (C=O) groups excluding carboxylic acids is 1. The van der Waals surface area contributed by atoms with Gasteiger partial charge in [0.05, 0.1) is 10.6 Å². The number of rotatable bonds is 5. The number of nitrogens with one attached hydrogen (secondary N) is 1. The molecular formula is C16H20N4O3S. The molecule has 0 atom stereocenters. The maximum Gasteiger partial charge on any atom is 0.256 e. The molecule has 1 aromatic heterocycles. The fourth-order valence-electron chi connectivity index (χ4n) is 2.50. The van der Waals surface area contributed by atoms with E-state index in [-0.39, 0.29) is 16.8 Å². The van der Waals surface area contributed by atoms with Crippen molar-refractivity contribution in [2.24, 2.45) is 7.05 Å². The van der Waals surface area contributed by atoms with Crippen molar-refractivity contribution in [3.05, 3.63) is 41.6 Å². The van der Waals surface area contributed by atoms with Crippen LogP contribution in [0.25, 0.3) is 0 Å². The fraction of sp³-hybridized carbons (Fsp3) is 0.375. The van der Waals surface area contributed by atoms with Crippen LogP contribution in [0.2, 0.25) is 0 Å². The van der Waals surface area contributed by atoms with Crippen LogP contribution in [0, 0.1) is 6.92 Å². The first-order valence-corrected chi connectivity index (χ1v) is 9.13. The van der Waals surface area contributed by atoms with E-state index >= 15 is 0 Å². The number of aryl methyl sites for hydroxylation is 2. The summed E-state index contributed by atoms with van der Waals surface area (Å²) in [6.45, 7) is 1.84. The minimum absolute atomic E-state index is 0.103. The van der Waals surface area contributed by atoms with Gasteiger partial charge in [-0.3, -0.25) is 9.48 Å². The van der Waals surface area contributed by atoms with Gasteiger partial charge < -0.3 is 5.32 Å². The Morgan fingerprint density at radius 3 is 2.42 bits per heavy atom. The SMILES string of the molecule is Cc1cc(NC(=O)c2ccc(S(=O)(=O)N(C)C3CC3)cc2)n(C)n1. The number of carbonyl (C=O) groups is 1. The topological polar surface area (TPSA) is 84.3 Å². The highest BCUT2D eigenvalue weighted by Gasteiger charge is 2.34. The number of hydrogen-bond acceptors (Lipinski definition) is 4. The molecule has 1 heterocycles. The molecule has 0 unspecified atom stereocenters. The lowest BCUT2D eigenvalue weighted by atomic mass is 10.2. The second kappa shape index (κ2) is 6.03. The molecule has 2 aromatic rings. The van der Waals surface area contributed by atoms with Gasteiger partial charge in [-0.1, -0.05) is 0 Å². The van der Waals surface area contributed by atoms with Crippen molar-refractivity contribution < 1.29 is 13.2 Å². The quantitative estimate of drug-likeness (QED) is 0.892. The Hall–Kier alpha value is -2.19. The zero-order valence-corrected chi connectivity index (χ0v) is 14.7. The lowest BCUT2D eigenvalue weighted by molar-refractivity contribution is 0.102. The Kier molecular flexibility index (Phi) is 4.18. The molecule has 7 nitrogen and oxygen atoms in total. The van der Waals surface area contributed by atoms with Crippen LogP contribution in [-0.2, 0) is 17.1 Å². The average molecular weight is 348 g/mol. The second-order valence-electron chi connectivity index (χ2n) is 6.03. The van der Waals surface area contributed by atoms with Crippen molar-refractivity contribution in [1.29, 1.82) is 0 Å². The lowest BCUT2D eigenvalue weighted by Crippen LogP contribution is -2.29. The van der Waals surface area contributed by atoms with E-state index in [1.165, 1.54) is 28.6 Å². The van der Waals surface area contributed by atoms with Gasteiger partial charge >= 0.3 is 0 Å². The lowest BCUT2D eigenvalue weighted by Gasteiger charge is -2.16. The first-order valence-electron chi connectivity index (χ1n) is 7.69. The van der Waals surface area contributed by atoms with E-state index in [1.54, 1.807) is 24.8 Å². The number of aromatic nitrogens is 2. The van der Waals surface area contributed by atoms with Crippen LogP contribution in [0.3, 0.4) is 0 Å². The minimum Gasteiger partial charge on any atom is -0.307 e. The highest BCUT2D eigenvalue weighted by atomic mass is 32.2. The summed E-state index contributed by atoms with van der Waals surface area (Å²) >= 11 is 0. The predicted molar refractivity (Wildman–Crippen MR) is 90.3 cm³/mol. The Bertz CT molecular complexity index is 867. The zero-order chi connectivity index (χ0) is 17.5. The van der Waals surface area contributed by atoms with Crippen LogP contribution in [0.5, 0.6) is 0 Å². The van der Waals surface area contributed by atoms with E-state index in [2.05, 4.69) is 10.4 Å². The number of benzene rings is 1. The van der Waals surface area contributed by atoms with Crippen LogP contribution in [0.4, 0.5) is 5.82 Å². The molecule has 24 heavy (non-hydrogen) atoms. The highest BCUT2D eigenvalue weighted by Crippen LogP contribution is 2.30. The van der Waals surface area contributed by atoms with Crippen LogP contribution in [-0.4, -0.2) is 41.5 Å². The molecule has 3 rings (SSSR count). The van der Waals surface area contributed by atoms with Crippen molar-refractivity contribution in [3.63, 3.8) is 0 Å². The summed E-state index contributed by atoms with van der Waals surface area (Å²) in [6, 6.07) is 7.85. The van der Waals surface area contributed by atoms with Crippen molar-refractivity contribution >= 4 is 21.7 Å². The van der Waals surface area contributed by atoms with Crippen molar-refractivity contribution in [2.75, 3.05) is 12.4 Å². The molecule has 1 amide bonds. The van der Waals surface area contributed by atoms with E-state index in [4.69, 9.17) is 0 Å². The number of anilines is 1. The maximum atomic E-state index is 12.4. The Labute approximate surface area is 141 Å². The first-order chi connectivity index (χ1) is 11.3. The molecule has 1 aliphatic rings. The summed E-state index contributed by atoms with van der Waals surface area (Å²) in [5.41, 5.74) is 1.19. The molecule has 0 bridgehead atoms. The maximum absolute atomic E-state index is 12.4. The van der Waals surface area contributed by atoms with E-state index in [1.807, 2.05) is 6.92 Å². The van der Waals surface area contributed by atoms with Gasteiger partial charge in [-0.05, 0) is 44.0 Å². The smallest absolute Gasteiger partial charge is 0.256 e. The van der Waals surface area contributed by atoms with Crippen molar-refractivity contribution in [2.45, 2.75) is 30.7 Å². The Balaban J connectivity index is 1.76. The molecule has 1 fully saturated rings. The molecule has 1 aromatic carbocycles. The van der Waals surface area contributed by atoms with Gasteiger partial charge in [-0.2, -0.15) is 9.40 Å². The third-order valence-electron chi connectivity index (χ3n) is 4.10. The second-order valence-corrected chi connectivity index (χ2v) is 8.02. The first kappa shape index (κ1) is 16.7.